The highest BCUT2D eigenvalue weighted by Gasteiger charge is 2.05. The molecule has 0 aliphatic heterocycles. The summed E-state index contributed by atoms with van der Waals surface area (Å²) in [4.78, 5) is 22.9. The Morgan fingerprint density at radius 3 is 2.12 bits per heavy atom. The van der Waals surface area contributed by atoms with E-state index in [0.29, 0.717) is 11.6 Å². The fourth-order valence-corrected chi connectivity index (χ4v) is 2.73. The summed E-state index contributed by atoms with van der Waals surface area (Å²) in [5, 5.41) is 9.49. The van der Waals surface area contributed by atoms with Gasteiger partial charge in [0.25, 0.3) is 5.56 Å². The van der Waals surface area contributed by atoms with Gasteiger partial charge in [-0.15, -0.1) is 0 Å². The maximum Gasteiger partial charge on any atom is 0.307 e. The van der Waals surface area contributed by atoms with E-state index in [-0.39, 0.29) is 12.0 Å². The SMILES string of the molecule is O=C(O)Cc1ccc(-c2ccc(=O)n(Cc3ccc(Cl)cc3)c2)cc1. The van der Waals surface area contributed by atoms with Crippen LogP contribution in [-0.2, 0) is 17.8 Å². The Morgan fingerprint density at radius 2 is 1.48 bits per heavy atom. The van der Waals surface area contributed by atoms with E-state index in [2.05, 4.69) is 0 Å². The molecule has 0 spiro atoms. The molecule has 0 aliphatic rings. The Balaban J connectivity index is 1.87. The zero-order valence-electron chi connectivity index (χ0n) is 13.4. The van der Waals surface area contributed by atoms with Gasteiger partial charge in [0.15, 0.2) is 0 Å². The van der Waals surface area contributed by atoms with Gasteiger partial charge in [-0.3, -0.25) is 9.59 Å². The van der Waals surface area contributed by atoms with Gasteiger partial charge >= 0.3 is 5.97 Å². The minimum atomic E-state index is -0.857. The lowest BCUT2D eigenvalue weighted by Crippen LogP contribution is -2.19. The molecule has 4 nitrogen and oxygen atoms in total. The summed E-state index contributed by atoms with van der Waals surface area (Å²) in [6.07, 6.45) is 1.81. The topological polar surface area (TPSA) is 59.3 Å². The van der Waals surface area contributed by atoms with E-state index in [1.54, 1.807) is 34.9 Å². The maximum atomic E-state index is 12.1. The second-order valence-corrected chi connectivity index (χ2v) is 6.21. The Labute approximate surface area is 149 Å². The van der Waals surface area contributed by atoms with Crippen LogP contribution < -0.4 is 5.56 Å². The molecule has 25 heavy (non-hydrogen) atoms. The molecule has 0 bridgehead atoms. The molecular weight excluding hydrogens is 338 g/mol. The normalized spacial score (nSPS) is 10.6. The van der Waals surface area contributed by atoms with Crippen LogP contribution in [0.25, 0.3) is 11.1 Å². The van der Waals surface area contributed by atoms with Crippen molar-refractivity contribution in [1.29, 1.82) is 0 Å². The van der Waals surface area contributed by atoms with E-state index in [4.69, 9.17) is 16.7 Å². The van der Waals surface area contributed by atoms with E-state index in [0.717, 1.165) is 22.3 Å². The highest BCUT2D eigenvalue weighted by atomic mass is 35.5. The molecule has 3 aromatic rings. The van der Waals surface area contributed by atoms with Crippen LogP contribution in [0.4, 0.5) is 0 Å². The fourth-order valence-electron chi connectivity index (χ4n) is 2.60. The first-order chi connectivity index (χ1) is 12.0. The van der Waals surface area contributed by atoms with Gasteiger partial charge in [0.2, 0.25) is 0 Å². The largest absolute Gasteiger partial charge is 0.481 e. The molecule has 2 aromatic carbocycles. The number of rotatable bonds is 5. The number of hydrogen-bond donors (Lipinski definition) is 1. The molecule has 1 heterocycles. The zero-order valence-corrected chi connectivity index (χ0v) is 14.1. The average molecular weight is 354 g/mol. The number of aliphatic carboxylic acids is 1. The van der Waals surface area contributed by atoms with Crippen LogP contribution >= 0.6 is 11.6 Å². The van der Waals surface area contributed by atoms with Gasteiger partial charge in [-0.1, -0.05) is 48.0 Å². The maximum absolute atomic E-state index is 12.1. The number of hydrogen-bond acceptors (Lipinski definition) is 2. The lowest BCUT2D eigenvalue weighted by Gasteiger charge is -2.09. The van der Waals surface area contributed by atoms with E-state index < -0.39 is 5.97 Å². The summed E-state index contributed by atoms with van der Waals surface area (Å²) < 4.78 is 1.64. The van der Waals surface area contributed by atoms with Crippen LogP contribution in [0.2, 0.25) is 5.02 Å². The number of carboxylic acids is 1. The lowest BCUT2D eigenvalue weighted by molar-refractivity contribution is -0.136. The van der Waals surface area contributed by atoms with Crippen molar-refractivity contribution < 1.29 is 9.90 Å². The van der Waals surface area contributed by atoms with Gasteiger partial charge in [-0.2, -0.15) is 0 Å². The van der Waals surface area contributed by atoms with Crippen molar-refractivity contribution >= 4 is 17.6 Å². The Hall–Kier alpha value is -2.85. The highest BCUT2D eigenvalue weighted by molar-refractivity contribution is 6.30. The molecule has 1 aromatic heterocycles. The second kappa shape index (κ2) is 7.36. The van der Waals surface area contributed by atoms with Crippen LogP contribution in [0, 0.1) is 0 Å². The molecule has 0 saturated heterocycles. The number of benzene rings is 2. The Kier molecular flexibility index (Phi) is 5.00. The summed E-state index contributed by atoms with van der Waals surface area (Å²) >= 11 is 5.89. The van der Waals surface area contributed by atoms with E-state index in [1.165, 1.54) is 6.07 Å². The standard InChI is InChI=1S/C20H16ClNO3/c21-18-8-3-15(4-9-18)12-22-13-17(7-10-19(22)23)16-5-1-14(2-6-16)11-20(24)25/h1-10,13H,11-12H2,(H,24,25). The first-order valence-corrected chi connectivity index (χ1v) is 8.15. The van der Waals surface area contributed by atoms with Crippen molar-refractivity contribution in [3.8, 4) is 11.1 Å². The number of carbonyl (C=O) groups is 1. The molecule has 1 N–H and O–H groups in total. The van der Waals surface area contributed by atoms with Gasteiger partial charge in [-0.05, 0) is 40.5 Å². The van der Waals surface area contributed by atoms with Crippen molar-refractivity contribution in [2.45, 2.75) is 13.0 Å². The number of halogens is 1. The number of aromatic nitrogens is 1. The second-order valence-electron chi connectivity index (χ2n) is 5.78. The minimum Gasteiger partial charge on any atom is -0.481 e. The number of carboxylic acid groups (broad SMARTS) is 1. The third-order valence-electron chi connectivity index (χ3n) is 3.89. The smallest absolute Gasteiger partial charge is 0.307 e. The molecule has 0 unspecified atom stereocenters. The molecule has 0 radical (unpaired) electrons. The highest BCUT2D eigenvalue weighted by Crippen LogP contribution is 2.19. The van der Waals surface area contributed by atoms with Gasteiger partial charge < -0.3 is 9.67 Å². The van der Waals surface area contributed by atoms with Crippen LogP contribution in [0.1, 0.15) is 11.1 Å². The summed E-state index contributed by atoms with van der Waals surface area (Å²) in [6.45, 7) is 0.459. The molecule has 126 valence electrons. The predicted molar refractivity (Wildman–Crippen MR) is 98.0 cm³/mol. The van der Waals surface area contributed by atoms with Crippen molar-refractivity contribution in [1.82, 2.24) is 4.57 Å². The summed E-state index contributed by atoms with van der Waals surface area (Å²) in [6, 6.07) is 18.0. The quantitative estimate of drug-likeness (QED) is 0.758. The molecule has 3 rings (SSSR count). The van der Waals surface area contributed by atoms with Gasteiger partial charge in [0.05, 0.1) is 13.0 Å². The molecule has 0 fully saturated rings. The van der Waals surface area contributed by atoms with Gasteiger partial charge in [-0.25, -0.2) is 0 Å². The Morgan fingerprint density at radius 1 is 0.880 bits per heavy atom. The lowest BCUT2D eigenvalue weighted by atomic mass is 10.0. The zero-order chi connectivity index (χ0) is 17.8. The first-order valence-electron chi connectivity index (χ1n) is 7.77. The molecule has 0 atom stereocenters. The monoisotopic (exact) mass is 353 g/mol. The van der Waals surface area contributed by atoms with Crippen molar-refractivity contribution in [3.63, 3.8) is 0 Å². The third kappa shape index (κ3) is 4.37. The summed E-state index contributed by atoms with van der Waals surface area (Å²) in [5.41, 5.74) is 3.47. The molecule has 0 aliphatic carbocycles. The molecular formula is C20H16ClNO3. The minimum absolute atomic E-state index is 0.00363. The van der Waals surface area contributed by atoms with Crippen molar-refractivity contribution in [2.24, 2.45) is 0 Å². The number of nitrogens with zero attached hydrogens (tertiary/aromatic N) is 1. The third-order valence-corrected chi connectivity index (χ3v) is 4.14. The average Bonchev–Trinajstić information content (AvgIpc) is 2.59. The molecule has 0 saturated carbocycles. The van der Waals surface area contributed by atoms with Crippen molar-refractivity contribution in [2.75, 3.05) is 0 Å². The van der Waals surface area contributed by atoms with Crippen LogP contribution in [0.15, 0.2) is 71.7 Å². The van der Waals surface area contributed by atoms with Crippen molar-refractivity contribution in [3.05, 3.63) is 93.4 Å². The van der Waals surface area contributed by atoms with Crippen LogP contribution in [0.3, 0.4) is 0 Å². The van der Waals surface area contributed by atoms with E-state index >= 15 is 0 Å². The summed E-state index contributed by atoms with van der Waals surface area (Å²) in [7, 11) is 0. The van der Waals surface area contributed by atoms with Crippen LogP contribution in [-0.4, -0.2) is 15.6 Å². The predicted octanol–water partition coefficient (Wildman–Crippen LogP) is 3.84. The molecule has 0 amide bonds. The van der Waals surface area contributed by atoms with Gasteiger partial charge in [0.1, 0.15) is 0 Å². The fraction of sp³-hybridized carbons (Fsp3) is 0.100. The number of pyridine rings is 1. The first kappa shape index (κ1) is 17.0. The van der Waals surface area contributed by atoms with Gasteiger partial charge in [0, 0.05) is 17.3 Å². The summed E-state index contributed by atoms with van der Waals surface area (Å²) in [5.74, 6) is -0.857. The van der Waals surface area contributed by atoms with E-state index in [9.17, 15) is 9.59 Å². The van der Waals surface area contributed by atoms with Crippen LogP contribution in [0.5, 0.6) is 0 Å². The molecule has 5 heteroatoms. The van der Waals surface area contributed by atoms with E-state index in [1.807, 2.05) is 30.5 Å². The Bertz CT molecular complexity index is 944.